The number of aliphatic carboxylic acids is 1. The number of alkyl halides is 3. The van der Waals surface area contributed by atoms with Crippen molar-refractivity contribution in [1.82, 2.24) is 14.7 Å². The number of benzene rings is 2. The van der Waals surface area contributed by atoms with Crippen molar-refractivity contribution < 1.29 is 31.5 Å². The lowest BCUT2D eigenvalue weighted by molar-refractivity contribution is -0.192. The van der Waals surface area contributed by atoms with E-state index in [1.54, 1.807) is 18.2 Å². The lowest BCUT2D eigenvalue weighted by Gasteiger charge is -2.11. The lowest BCUT2D eigenvalue weighted by atomic mass is 10.3. The zero-order valence-electron chi connectivity index (χ0n) is 17.1. The fraction of sp³-hybridized carbons (Fsp3) is 0.105. The highest BCUT2D eigenvalue weighted by Crippen LogP contribution is 2.28. The molecule has 0 radical (unpaired) electrons. The molecule has 1 heterocycles. The van der Waals surface area contributed by atoms with E-state index >= 15 is 0 Å². The number of carboxylic acid groups (broad SMARTS) is 1. The molecule has 0 saturated carbocycles. The number of hydrogen-bond donors (Lipinski definition) is 4. The molecule has 3 rings (SSSR count). The maximum Gasteiger partial charge on any atom is 0.490 e. The van der Waals surface area contributed by atoms with Crippen molar-refractivity contribution in [1.29, 1.82) is 0 Å². The van der Waals surface area contributed by atoms with Gasteiger partial charge in [0.1, 0.15) is 18.0 Å². The van der Waals surface area contributed by atoms with E-state index in [1.165, 1.54) is 31.6 Å². The van der Waals surface area contributed by atoms with Crippen LogP contribution in [0.5, 0.6) is 0 Å². The summed E-state index contributed by atoms with van der Waals surface area (Å²) in [6.45, 7) is 0. The first-order valence-electron chi connectivity index (χ1n) is 8.96. The van der Waals surface area contributed by atoms with Gasteiger partial charge in [-0.3, -0.25) is 0 Å². The normalized spacial score (nSPS) is 11.2. The highest BCUT2D eigenvalue weighted by molar-refractivity contribution is 7.89. The Labute approximate surface area is 202 Å². The molecule has 1 aromatic heterocycles. The summed E-state index contributed by atoms with van der Waals surface area (Å²) >= 11 is 12.1. The summed E-state index contributed by atoms with van der Waals surface area (Å²) in [5.41, 5.74) is 1.22. The molecule has 34 heavy (non-hydrogen) atoms. The van der Waals surface area contributed by atoms with Gasteiger partial charge in [0, 0.05) is 16.8 Å². The van der Waals surface area contributed by atoms with E-state index in [0.717, 1.165) is 5.69 Å². The van der Waals surface area contributed by atoms with Gasteiger partial charge in [-0.2, -0.15) is 13.2 Å². The van der Waals surface area contributed by atoms with Crippen LogP contribution in [0.2, 0.25) is 10.0 Å². The predicted octanol–water partition coefficient (Wildman–Crippen LogP) is 4.81. The maximum absolute atomic E-state index is 12.0. The molecule has 0 aliphatic rings. The van der Waals surface area contributed by atoms with Crippen molar-refractivity contribution in [2.45, 2.75) is 11.1 Å². The van der Waals surface area contributed by atoms with Crippen LogP contribution in [-0.2, 0) is 14.8 Å². The van der Waals surface area contributed by atoms with Crippen molar-refractivity contribution in [2.24, 2.45) is 0 Å². The number of carboxylic acids is 1. The molecule has 0 saturated heterocycles. The van der Waals surface area contributed by atoms with Gasteiger partial charge in [-0.25, -0.2) is 27.9 Å². The van der Waals surface area contributed by atoms with Gasteiger partial charge < -0.3 is 15.7 Å². The number of hydrogen-bond acceptors (Lipinski definition) is 7. The number of aromatic nitrogens is 2. The molecule has 2 aromatic carbocycles. The summed E-state index contributed by atoms with van der Waals surface area (Å²) in [7, 11) is -2.24. The second-order valence-electron chi connectivity index (χ2n) is 6.20. The standard InChI is InChI=1S/C17H15Cl2N5O2S.C2HF3O2/c1-20-27(25,26)13-6-7-14(19)15(8-13)24-17-9-16(21-10-22-17)23-12-4-2-11(18)3-5-12;3-2(4,5)1(6)7/h2-10,20H,1H3,(H2,21,22,23,24);(H,6,7). The molecule has 0 bridgehead atoms. The van der Waals surface area contributed by atoms with Crippen LogP contribution in [0.3, 0.4) is 0 Å². The van der Waals surface area contributed by atoms with E-state index in [2.05, 4.69) is 25.3 Å². The summed E-state index contributed by atoms with van der Waals surface area (Å²) in [5, 5.41) is 14.3. The fourth-order valence-electron chi connectivity index (χ4n) is 2.20. The van der Waals surface area contributed by atoms with Gasteiger partial charge in [0.05, 0.1) is 15.6 Å². The summed E-state index contributed by atoms with van der Waals surface area (Å²) < 4.78 is 57.9. The van der Waals surface area contributed by atoms with Gasteiger partial charge in [-0.05, 0) is 49.5 Å². The molecule has 4 N–H and O–H groups in total. The molecule has 182 valence electrons. The molecule has 15 heteroatoms. The number of sulfonamides is 1. The van der Waals surface area contributed by atoms with Crippen LogP contribution in [0.25, 0.3) is 0 Å². The molecule has 0 atom stereocenters. The first kappa shape index (κ1) is 27.1. The minimum atomic E-state index is -5.08. The van der Waals surface area contributed by atoms with E-state index < -0.39 is 22.2 Å². The summed E-state index contributed by atoms with van der Waals surface area (Å²) in [6.07, 6.45) is -3.71. The third kappa shape index (κ3) is 8.02. The lowest BCUT2D eigenvalue weighted by Crippen LogP contribution is -2.21. The number of rotatable bonds is 6. The van der Waals surface area contributed by atoms with Crippen LogP contribution >= 0.6 is 23.2 Å². The molecular formula is C19H16Cl2F3N5O4S. The molecule has 0 amide bonds. The topological polar surface area (TPSA) is 133 Å². The second kappa shape index (κ2) is 11.3. The van der Waals surface area contributed by atoms with Crippen molar-refractivity contribution in [3.63, 3.8) is 0 Å². The largest absolute Gasteiger partial charge is 0.490 e. The van der Waals surface area contributed by atoms with Crippen molar-refractivity contribution in [3.05, 3.63) is 64.9 Å². The monoisotopic (exact) mass is 537 g/mol. The molecular weight excluding hydrogens is 522 g/mol. The van der Waals surface area contributed by atoms with Gasteiger partial charge in [0.15, 0.2) is 0 Å². The summed E-state index contributed by atoms with van der Waals surface area (Å²) in [5.74, 6) is -1.76. The molecule has 9 nitrogen and oxygen atoms in total. The first-order chi connectivity index (χ1) is 15.8. The smallest absolute Gasteiger partial charge is 0.475 e. The van der Waals surface area contributed by atoms with Crippen LogP contribution < -0.4 is 15.4 Å². The van der Waals surface area contributed by atoms with Crippen LogP contribution in [0.15, 0.2) is 59.8 Å². The van der Waals surface area contributed by atoms with Gasteiger partial charge in [0.2, 0.25) is 10.0 Å². The van der Waals surface area contributed by atoms with E-state index in [9.17, 15) is 21.6 Å². The first-order valence-corrected chi connectivity index (χ1v) is 11.2. The SMILES string of the molecule is CNS(=O)(=O)c1ccc(Cl)c(Nc2cc(Nc3ccc(Cl)cc3)ncn2)c1.O=C(O)C(F)(F)F. The van der Waals surface area contributed by atoms with Gasteiger partial charge >= 0.3 is 12.1 Å². The van der Waals surface area contributed by atoms with Gasteiger partial charge in [-0.1, -0.05) is 23.2 Å². The van der Waals surface area contributed by atoms with E-state index in [-0.39, 0.29) is 4.90 Å². The molecule has 0 unspecified atom stereocenters. The number of nitrogens with one attached hydrogen (secondary N) is 3. The minimum Gasteiger partial charge on any atom is -0.475 e. The van der Waals surface area contributed by atoms with Gasteiger partial charge in [0.25, 0.3) is 0 Å². The highest BCUT2D eigenvalue weighted by atomic mass is 35.5. The quantitative estimate of drug-likeness (QED) is 0.352. The highest BCUT2D eigenvalue weighted by Gasteiger charge is 2.38. The van der Waals surface area contributed by atoms with Crippen molar-refractivity contribution in [2.75, 3.05) is 17.7 Å². The molecule has 3 aromatic rings. The van der Waals surface area contributed by atoms with Crippen molar-refractivity contribution >= 4 is 62.2 Å². The predicted molar refractivity (Wildman–Crippen MR) is 121 cm³/mol. The fourth-order valence-corrected chi connectivity index (χ4v) is 3.24. The Balaban J connectivity index is 0.000000509. The third-order valence-electron chi connectivity index (χ3n) is 3.81. The van der Waals surface area contributed by atoms with E-state index in [0.29, 0.717) is 27.4 Å². The second-order valence-corrected chi connectivity index (χ2v) is 8.93. The summed E-state index contributed by atoms with van der Waals surface area (Å²) in [4.78, 5) is 17.3. The number of halogens is 5. The number of carbonyl (C=O) groups is 1. The van der Waals surface area contributed by atoms with E-state index in [4.69, 9.17) is 33.1 Å². The Morgan fingerprint density at radius 2 is 1.53 bits per heavy atom. The molecule has 0 aliphatic heterocycles. The number of nitrogens with zero attached hydrogens (tertiary/aromatic N) is 2. The average molecular weight is 538 g/mol. The number of anilines is 4. The molecule has 0 fully saturated rings. The Morgan fingerprint density at radius 3 is 2.06 bits per heavy atom. The zero-order valence-corrected chi connectivity index (χ0v) is 19.4. The maximum atomic E-state index is 12.0. The van der Waals surface area contributed by atoms with Crippen LogP contribution in [-0.4, -0.2) is 42.7 Å². The Morgan fingerprint density at radius 1 is 0.971 bits per heavy atom. The van der Waals surface area contributed by atoms with Crippen molar-refractivity contribution in [3.8, 4) is 0 Å². The average Bonchev–Trinajstić information content (AvgIpc) is 2.77. The van der Waals surface area contributed by atoms with Crippen LogP contribution in [0.1, 0.15) is 0 Å². The Kier molecular flexibility index (Phi) is 9.04. The Hall–Kier alpha value is -3.13. The third-order valence-corrected chi connectivity index (χ3v) is 5.80. The molecule has 0 aliphatic carbocycles. The minimum absolute atomic E-state index is 0.0884. The zero-order chi connectivity index (χ0) is 25.5. The van der Waals surface area contributed by atoms with Gasteiger partial charge in [-0.15, -0.1) is 0 Å². The van der Waals surface area contributed by atoms with Crippen LogP contribution in [0.4, 0.5) is 36.2 Å². The summed E-state index contributed by atoms with van der Waals surface area (Å²) in [6, 6.07) is 13.2. The Bertz CT molecular complexity index is 1260. The van der Waals surface area contributed by atoms with Crippen LogP contribution in [0, 0.1) is 0 Å². The molecule has 0 spiro atoms. The van der Waals surface area contributed by atoms with E-state index in [1.807, 2.05) is 12.1 Å².